The van der Waals surface area contributed by atoms with Crippen LogP contribution >= 0.6 is 23.2 Å². The highest BCUT2D eigenvalue weighted by molar-refractivity contribution is 6.46. The van der Waals surface area contributed by atoms with Gasteiger partial charge in [-0.15, -0.1) is 0 Å². The monoisotopic (exact) mass is 247 g/mol. The number of phenolic OH excluding ortho intramolecular Hbond substituents is 1. The van der Waals surface area contributed by atoms with Crippen LogP contribution in [0.5, 0.6) is 5.75 Å². The summed E-state index contributed by atoms with van der Waals surface area (Å²) in [6.45, 7) is 0. The molecule has 2 aromatic rings. The molecule has 0 saturated heterocycles. The summed E-state index contributed by atoms with van der Waals surface area (Å²) >= 11 is 11.4. The number of furan rings is 1. The van der Waals surface area contributed by atoms with Crippen molar-refractivity contribution in [1.29, 1.82) is 0 Å². The highest BCUT2D eigenvalue weighted by Crippen LogP contribution is 2.41. The van der Waals surface area contributed by atoms with Crippen molar-refractivity contribution in [2.24, 2.45) is 0 Å². The summed E-state index contributed by atoms with van der Waals surface area (Å²) in [4.78, 5) is 9.94. The molecule has 0 radical (unpaired) electrons. The molecule has 0 spiro atoms. The second-order valence-electron chi connectivity index (χ2n) is 2.78. The minimum absolute atomic E-state index is 0.0419. The van der Waals surface area contributed by atoms with Crippen molar-refractivity contribution in [3.63, 3.8) is 0 Å². The minimum atomic E-state index is -0.629. The van der Waals surface area contributed by atoms with Gasteiger partial charge in [-0.1, -0.05) is 23.2 Å². The van der Waals surface area contributed by atoms with Gasteiger partial charge in [0, 0.05) is 0 Å². The van der Waals surface area contributed by atoms with Crippen molar-refractivity contribution < 1.29 is 14.4 Å². The average Bonchev–Trinajstić information content (AvgIpc) is 2.58. The first-order chi connectivity index (χ1) is 7.02. The van der Waals surface area contributed by atoms with Crippen LogP contribution in [0.4, 0.5) is 5.69 Å². The summed E-state index contributed by atoms with van der Waals surface area (Å²) in [5, 5.41) is 19.9. The van der Waals surface area contributed by atoms with Gasteiger partial charge in [-0.2, -0.15) is 0 Å². The fourth-order valence-electron chi connectivity index (χ4n) is 1.22. The first kappa shape index (κ1) is 10.1. The molecule has 0 bridgehead atoms. The molecular formula is C8H3Cl2NO4. The minimum Gasteiger partial charge on any atom is -0.506 e. The van der Waals surface area contributed by atoms with E-state index >= 15 is 0 Å². The van der Waals surface area contributed by atoms with Crippen molar-refractivity contribution >= 4 is 39.9 Å². The van der Waals surface area contributed by atoms with Gasteiger partial charge in [0.05, 0.1) is 4.92 Å². The van der Waals surface area contributed by atoms with Crippen LogP contribution in [0.3, 0.4) is 0 Å². The summed E-state index contributed by atoms with van der Waals surface area (Å²) in [6.07, 6.45) is 0.951. The van der Waals surface area contributed by atoms with Gasteiger partial charge >= 0.3 is 5.69 Å². The SMILES string of the molecule is O=[N+]([O-])c1coc2c(Cl)c(Cl)c(O)cc12. The Bertz CT molecular complexity index is 563. The largest absolute Gasteiger partial charge is 0.506 e. The number of fused-ring (bicyclic) bond motifs is 1. The maximum Gasteiger partial charge on any atom is 0.315 e. The van der Waals surface area contributed by atoms with Crippen molar-refractivity contribution in [3.05, 3.63) is 32.5 Å². The maximum absolute atomic E-state index is 10.6. The number of nitrogens with zero attached hydrogens (tertiary/aromatic N) is 1. The van der Waals surface area contributed by atoms with Crippen LogP contribution in [0.15, 0.2) is 16.7 Å². The highest BCUT2D eigenvalue weighted by atomic mass is 35.5. The first-order valence-electron chi connectivity index (χ1n) is 3.75. The molecule has 0 amide bonds. The summed E-state index contributed by atoms with van der Waals surface area (Å²) in [5.41, 5.74) is -0.176. The molecule has 2 rings (SSSR count). The van der Waals surface area contributed by atoms with Gasteiger partial charge in [0.25, 0.3) is 0 Å². The Morgan fingerprint density at radius 1 is 1.40 bits per heavy atom. The first-order valence-corrected chi connectivity index (χ1v) is 4.50. The van der Waals surface area contributed by atoms with E-state index in [0.717, 1.165) is 12.3 Å². The second-order valence-corrected chi connectivity index (χ2v) is 3.53. The van der Waals surface area contributed by atoms with Crippen molar-refractivity contribution in [2.45, 2.75) is 0 Å². The number of rotatable bonds is 1. The Morgan fingerprint density at radius 3 is 2.67 bits per heavy atom. The van der Waals surface area contributed by atoms with Gasteiger partial charge in [0.1, 0.15) is 21.2 Å². The lowest BCUT2D eigenvalue weighted by Gasteiger charge is -1.98. The van der Waals surface area contributed by atoms with E-state index in [1.165, 1.54) is 0 Å². The normalized spacial score (nSPS) is 10.8. The predicted molar refractivity (Wildman–Crippen MR) is 54.6 cm³/mol. The molecule has 1 N–H and O–H groups in total. The number of hydrogen-bond donors (Lipinski definition) is 1. The van der Waals surface area contributed by atoms with Crippen LogP contribution in [-0.2, 0) is 0 Å². The molecule has 7 heteroatoms. The molecular weight excluding hydrogens is 245 g/mol. The van der Waals surface area contributed by atoms with E-state index in [4.69, 9.17) is 27.6 Å². The molecule has 0 atom stereocenters. The lowest BCUT2D eigenvalue weighted by molar-refractivity contribution is -0.383. The van der Waals surface area contributed by atoms with E-state index in [2.05, 4.69) is 0 Å². The molecule has 1 aromatic carbocycles. The van der Waals surface area contributed by atoms with Gasteiger partial charge in [-0.25, -0.2) is 0 Å². The summed E-state index contributed by atoms with van der Waals surface area (Å²) in [6, 6.07) is 1.14. The van der Waals surface area contributed by atoms with Crippen molar-refractivity contribution in [1.82, 2.24) is 0 Å². The van der Waals surface area contributed by atoms with E-state index in [9.17, 15) is 15.2 Å². The molecule has 5 nitrogen and oxygen atoms in total. The van der Waals surface area contributed by atoms with Crippen LogP contribution in [-0.4, -0.2) is 10.0 Å². The topological polar surface area (TPSA) is 76.5 Å². The molecule has 0 unspecified atom stereocenters. The van der Waals surface area contributed by atoms with Gasteiger partial charge in [0.15, 0.2) is 11.8 Å². The zero-order valence-corrected chi connectivity index (χ0v) is 8.54. The van der Waals surface area contributed by atoms with Crippen LogP contribution in [0.1, 0.15) is 0 Å². The molecule has 0 aliphatic carbocycles. The fourth-order valence-corrected chi connectivity index (χ4v) is 1.60. The highest BCUT2D eigenvalue weighted by Gasteiger charge is 2.21. The van der Waals surface area contributed by atoms with Crippen LogP contribution in [0.25, 0.3) is 11.0 Å². The van der Waals surface area contributed by atoms with Crippen molar-refractivity contribution in [3.8, 4) is 5.75 Å². The van der Waals surface area contributed by atoms with Gasteiger partial charge in [-0.3, -0.25) is 10.1 Å². The van der Waals surface area contributed by atoms with Crippen LogP contribution in [0, 0.1) is 10.1 Å². The molecule has 15 heavy (non-hydrogen) atoms. The Morgan fingerprint density at radius 2 is 2.07 bits per heavy atom. The Labute approximate surface area is 93.0 Å². The zero-order valence-electron chi connectivity index (χ0n) is 7.03. The van der Waals surface area contributed by atoms with Gasteiger partial charge < -0.3 is 9.52 Å². The van der Waals surface area contributed by atoms with Crippen LogP contribution < -0.4 is 0 Å². The lowest BCUT2D eigenvalue weighted by Crippen LogP contribution is -1.85. The molecule has 1 heterocycles. The van der Waals surface area contributed by atoms with E-state index in [-0.39, 0.29) is 32.5 Å². The van der Waals surface area contributed by atoms with Gasteiger partial charge in [-0.05, 0) is 6.07 Å². The summed E-state index contributed by atoms with van der Waals surface area (Å²) < 4.78 is 4.91. The standard InChI is InChI=1S/C8H3Cl2NO4/c9-6-5(12)1-3-4(11(13)14)2-15-8(3)7(6)10/h1-2,12H. The molecule has 0 aliphatic rings. The molecule has 0 fully saturated rings. The smallest absolute Gasteiger partial charge is 0.315 e. The Hall–Kier alpha value is -1.46. The average molecular weight is 248 g/mol. The summed E-state index contributed by atoms with van der Waals surface area (Å²) in [5.74, 6) is -0.321. The number of aromatic hydroxyl groups is 1. The molecule has 0 aliphatic heterocycles. The quantitative estimate of drug-likeness (QED) is 0.620. The molecule has 78 valence electrons. The Balaban J connectivity index is 2.89. The third-order valence-electron chi connectivity index (χ3n) is 1.90. The van der Waals surface area contributed by atoms with E-state index in [0.29, 0.717) is 0 Å². The molecule has 0 saturated carbocycles. The third-order valence-corrected chi connectivity index (χ3v) is 2.74. The zero-order chi connectivity index (χ0) is 11.2. The maximum atomic E-state index is 10.6. The molecule has 1 aromatic heterocycles. The third kappa shape index (κ3) is 1.40. The number of halogens is 2. The fraction of sp³-hybridized carbons (Fsp3) is 0. The number of hydrogen-bond acceptors (Lipinski definition) is 4. The van der Waals surface area contributed by atoms with Crippen LogP contribution in [0.2, 0.25) is 10.0 Å². The predicted octanol–water partition coefficient (Wildman–Crippen LogP) is 3.35. The second kappa shape index (κ2) is 3.29. The number of nitro groups is 1. The lowest BCUT2D eigenvalue weighted by atomic mass is 10.2. The number of phenols is 1. The van der Waals surface area contributed by atoms with E-state index in [1.54, 1.807) is 0 Å². The van der Waals surface area contributed by atoms with Crippen molar-refractivity contribution in [2.75, 3.05) is 0 Å². The summed E-state index contributed by atoms with van der Waals surface area (Å²) in [7, 11) is 0. The van der Waals surface area contributed by atoms with E-state index < -0.39 is 4.92 Å². The number of benzene rings is 1. The van der Waals surface area contributed by atoms with Gasteiger partial charge in [0.2, 0.25) is 0 Å². The Kier molecular flexibility index (Phi) is 2.21. The van der Waals surface area contributed by atoms with E-state index in [1.807, 2.05) is 0 Å².